The maximum atomic E-state index is 5.90. The Bertz CT molecular complexity index is 247. The quantitative estimate of drug-likeness (QED) is 0.621. The summed E-state index contributed by atoms with van der Waals surface area (Å²) in [4.78, 5) is 0. The van der Waals surface area contributed by atoms with E-state index in [-0.39, 0.29) is 0 Å². The number of rotatable bonds is 7. The third-order valence-electron chi connectivity index (χ3n) is 2.24. The molecule has 0 spiro atoms. The highest BCUT2D eigenvalue weighted by Gasteiger charge is 2.01. The Morgan fingerprint density at radius 1 is 1.40 bits per heavy atom. The van der Waals surface area contributed by atoms with E-state index in [1.54, 1.807) is 6.20 Å². The zero-order valence-corrected chi connectivity index (χ0v) is 10.8. The molecule has 0 aliphatic heterocycles. The molecule has 0 rings (SSSR count). The molecule has 0 unspecified atom stereocenters. The number of halogens is 1. The van der Waals surface area contributed by atoms with Crippen LogP contribution in [0.2, 0.25) is 0 Å². The molecular weight excluding hydrogens is 206 g/mol. The average molecular weight is 228 g/mol. The molecule has 0 atom stereocenters. The summed E-state index contributed by atoms with van der Waals surface area (Å²) in [5.41, 5.74) is 2.52. The first-order valence-electron chi connectivity index (χ1n) is 5.58. The third kappa shape index (κ3) is 6.40. The van der Waals surface area contributed by atoms with Crippen LogP contribution in [0.15, 0.2) is 35.2 Å². The molecular formula is C13H22ClN. The molecule has 0 heterocycles. The van der Waals surface area contributed by atoms with Crippen LogP contribution in [0.4, 0.5) is 0 Å². The summed E-state index contributed by atoms with van der Waals surface area (Å²) < 4.78 is 0. The van der Waals surface area contributed by atoms with Gasteiger partial charge in [0.05, 0.1) is 0 Å². The fourth-order valence-corrected chi connectivity index (χ4v) is 1.56. The van der Waals surface area contributed by atoms with Crippen molar-refractivity contribution in [2.45, 2.75) is 46.5 Å². The first-order valence-corrected chi connectivity index (χ1v) is 5.96. The van der Waals surface area contributed by atoms with Gasteiger partial charge in [-0.25, -0.2) is 0 Å². The van der Waals surface area contributed by atoms with Crippen molar-refractivity contribution in [1.29, 1.82) is 0 Å². The summed E-state index contributed by atoms with van der Waals surface area (Å²) in [5.74, 6) is 0. The van der Waals surface area contributed by atoms with E-state index >= 15 is 0 Å². The molecule has 0 amide bonds. The van der Waals surface area contributed by atoms with Gasteiger partial charge in [-0.1, -0.05) is 38.4 Å². The summed E-state index contributed by atoms with van der Waals surface area (Å²) in [6.07, 6.45) is 8.29. The Kier molecular flexibility index (Phi) is 8.21. The molecule has 0 saturated carbocycles. The summed E-state index contributed by atoms with van der Waals surface area (Å²) in [6, 6.07) is 0. The Morgan fingerprint density at radius 2 is 2.07 bits per heavy atom. The van der Waals surface area contributed by atoms with Crippen LogP contribution in [-0.4, -0.2) is 0 Å². The molecule has 0 fully saturated rings. The van der Waals surface area contributed by atoms with Crippen LogP contribution in [0.1, 0.15) is 46.5 Å². The molecule has 0 aromatic carbocycles. The lowest BCUT2D eigenvalue weighted by atomic mass is 10.0. The van der Waals surface area contributed by atoms with Crippen molar-refractivity contribution < 1.29 is 0 Å². The Balaban J connectivity index is 4.81. The van der Waals surface area contributed by atoms with Gasteiger partial charge in [-0.15, -0.1) is 0 Å². The number of unbranched alkanes of at least 4 members (excludes halogenated alkanes) is 1. The Morgan fingerprint density at radius 3 is 2.47 bits per heavy atom. The highest BCUT2D eigenvalue weighted by molar-refractivity contribution is 6.29. The first-order chi connectivity index (χ1) is 7.15. The van der Waals surface area contributed by atoms with E-state index in [4.69, 9.17) is 11.6 Å². The second-order valence-corrected chi connectivity index (χ2v) is 4.15. The van der Waals surface area contributed by atoms with Gasteiger partial charge in [0.2, 0.25) is 0 Å². The van der Waals surface area contributed by atoms with Gasteiger partial charge >= 0.3 is 0 Å². The largest absolute Gasteiger partial charge is 0.362 e. The van der Waals surface area contributed by atoms with Gasteiger partial charge in [0.1, 0.15) is 0 Å². The van der Waals surface area contributed by atoms with Gasteiger partial charge in [0.15, 0.2) is 0 Å². The zero-order valence-electron chi connectivity index (χ0n) is 10.1. The predicted octanol–water partition coefficient (Wildman–Crippen LogP) is 4.72. The predicted molar refractivity (Wildman–Crippen MR) is 69.8 cm³/mol. The monoisotopic (exact) mass is 227 g/mol. The summed E-state index contributed by atoms with van der Waals surface area (Å²) in [5, 5.41) is 3.95. The lowest BCUT2D eigenvalue weighted by molar-refractivity contribution is 0.753. The molecule has 1 N–H and O–H groups in total. The minimum Gasteiger partial charge on any atom is -0.362 e. The second-order valence-electron chi connectivity index (χ2n) is 3.55. The molecule has 0 radical (unpaired) electrons. The molecule has 0 aliphatic rings. The van der Waals surface area contributed by atoms with Gasteiger partial charge in [-0.05, 0) is 44.0 Å². The standard InChI is InChI=1S/C13H22ClN/c1-5-8-9-12(6-2)13(15-7-3)10-11(4)14/h7,10,15H,3,5-6,8-9H2,1-2,4H3/b11-10+,13-12-. The van der Waals surface area contributed by atoms with E-state index in [0.717, 1.165) is 23.6 Å². The Hall–Kier alpha value is -0.690. The van der Waals surface area contributed by atoms with E-state index in [9.17, 15) is 0 Å². The van der Waals surface area contributed by atoms with E-state index in [0.29, 0.717) is 0 Å². The van der Waals surface area contributed by atoms with Crippen molar-refractivity contribution in [3.63, 3.8) is 0 Å². The lowest BCUT2D eigenvalue weighted by Crippen LogP contribution is -2.06. The summed E-state index contributed by atoms with van der Waals surface area (Å²) >= 11 is 5.90. The molecule has 86 valence electrons. The fourth-order valence-electron chi connectivity index (χ4n) is 1.45. The Labute approximate surface area is 98.9 Å². The maximum Gasteiger partial charge on any atom is 0.0382 e. The van der Waals surface area contributed by atoms with Gasteiger partial charge < -0.3 is 5.32 Å². The topological polar surface area (TPSA) is 12.0 Å². The lowest BCUT2D eigenvalue weighted by Gasteiger charge is -2.11. The SMILES string of the molecule is C=CNC(/C=C(\C)Cl)=C(/CC)CCCC. The van der Waals surface area contributed by atoms with Crippen LogP contribution in [0.5, 0.6) is 0 Å². The van der Waals surface area contributed by atoms with Crippen molar-refractivity contribution in [2.24, 2.45) is 0 Å². The van der Waals surface area contributed by atoms with Crippen LogP contribution in [-0.2, 0) is 0 Å². The van der Waals surface area contributed by atoms with E-state index in [2.05, 4.69) is 25.7 Å². The molecule has 1 nitrogen and oxygen atoms in total. The molecule has 0 aromatic rings. The van der Waals surface area contributed by atoms with Crippen molar-refractivity contribution >= 4 is 11.6 Å². The third-order valence-corrected chi connectivity index (χ3v) is 2.35. The van der Waals surface area contributed by atoms with E-state index < -0.39 is 0 Å². The molecule has 0 bridgehead atoms. The van der Waals surface area contributed by atoms with E-state index in [1.165, 1.54) is 18.4 Å². The van der Waals surface area contributed by atoms with Crippen molar-refractivity contribution in [3.8, 4) is 0 Å². The second kappa shape index (κ2) is 8.60. The molecule has 0 saturated heterocycles. The van der Waals surface area contributed by atoms with Crippen molar-refractivity contribution in [2.75, 3.05) is 0 Å². The minimum atomic E-state index is 0.793. The van der Waals surface area contributed by atoms with Gasteiger partial charge in [0, 0.05) is 10.7 Å². The highest BCUT2D eigenvalue weighted by Crippen LogP contribution is 2.17. The molecule has 0 aliphatic carbocycles. The first kappa shape index (κ1) is 14.3. The van der Waals surface area contributed by atoms with Crippen LogP contribution in [0.25, 0.3) is 0 Å². The van der Waals surface area contributed by atoms with Crippen LogP contribution in [0.3, 0.4) is 0 Å². The summed E-state index contributed by atoms with van der Waals surface area (Å²) in [6.45, 7) is 9.95. The maximum absolute atomic E-state index is 5.90. The van der Waals surface area contributed by atoms with Gasteiger partial charge in [-0.2, -0.15) is 0 Å². The molecule has 2 heteroatoms. The average Bonchev–Trinajstić information content (AvgIpc) is 2.18. The fraction of sp³-hybridized carbons (Fsp3) is 0.538. The number of hydrogen-bond donors (Lipinski definition) is 1. The summed E-state index contributed by atoms with van der Waals surface area (Å²) in [7, 11) is 0. The van der Waals surface area contributed by atoms with Crippen molar-refractivity contribution in [3.05, 3.63) is 35.2 Å². The zero-order chi connectivity index (χ0) is 11.7. The number of hydrogen-bond acceptors (Lipinski definition) is 1. The normalized spacial score (nSPS) is 13.5. The van der Waals surface area contributed by atoms with E-state index in [1.807, 2.05) is 13.0 Å². The van der Waals surface area contributed by atoms with Crippen molar-refractivity contribution in [1.82, 2.24) is 5.32 Å². The van der Waals surface area contributed by atoms with Gasteiger partial charge in [0.25, 0.3) is 0 Å². The van der Waals surface area contributed by atoms with Crippen LogP contribution < -0.4 is 5.32 Å². The number of allylic oxidation sites excluding steroid dienone is 3. The number of nitrogens with one attached hydrogen (secondary N) is 1. The van der Waals surface area contributed by atoms with Crippen LogP contribution >= 0.6 is 11.6 Å². The molecule has 0 aromatic heterocycles. The highest BCUT2D eigenvalue weighted by atomic mass is 35.5. The minimum absolute atomic E-state index is 0.793. The van der Waals surface area contributed by atoms with Crippen LogP contribution in [0, 0.1) is 0 Å². The molecule has 15 heavy (non-hydrogen) atoms. The van der Waals surface area contributed by atoms with Gasteiger partial charge in [-0.3, -0.25) is 0 Å². The smallest absolute Gasteiger partial charge is 0.0382 e.